The largest absolute Gasteiger partial charge is 0.497 e. The van der Waals surface area contributed by atoms with Gasteiger partial charge < -0.3 is 19.9 Å². The van der Waals surface area contributed by atoms with Crippen LogP contribution in [0.25, 0.3) is 0 Å². The first-order valence-electron chi connectivity index (χ1n) is 9.36. The van der Waals surface area contributed by atoms with Crippen molar-refractivity contribution in [3.8, 4) is 11.5 Å². The molecule has 0 radical (unpaired) electrons. The van der Waals surface area contributed by atoms with E-state index in [9.17, 15) is 14.7 Å². The molecule has 1 fully saturated rings. The summed E-state index contributed by atoms with van der Waals surface area (Å²) in [4.78, 5) is 24.1. The standard InChI is InChI=1S/C22H25NO5/c1-27-17-10-11-18(20(12-17)28-2)19(13-21(24)25)23-22(26)16-8-6-15(7-9-16)14-4-3-5-14/h6-12,14,19H,3-5,13H2,1-2H3,(H,23,26)(H,24,25). The van der Waals surface area contributed by atoms with Crippen LogP contribution in [0.1, 0.15) is 59.1 Å². The van der Waals surface area contributed by atoms with Gasteiger partial charge in [0.1, 0.15) is 11.5 Å². The first-order chi connectivity index (χ1) is 13.5. The first-order valence-corrected chi connectivity index (χ1v) is 9.36. The van der Waals surface area contributed by atoms with E-state index in [-0.39, 0.29) is 12.3 Å². The van der Waals surface area contributed by atoms with Crippen molar-refractivity contribution in [3.63, 3.8) is 0 Å². The van der Waals surface area contributed by atoms with E-state index in [1.165, 1.54) is 39.0 Å². The van der Waals surface area contributed by atoms with E-state index in [4.69, 9.17) is 9.47 Å². The van der Waals surface area contributed by atoms with Gasteiger partial charge in [-0.25, -0.2) is 0 Å². The van der Waals surface area contributed by atoms with Gasteiger partial charge in [0.15, 0.2) is 0 Å². The van der Waals surface area contributed by atoms with Gasteiger partial charge in [-0.1, -0.05) is 18.6 Å². The van der Waals surface area contributed by atoms with E-state index in [2.05, 4.69) is 5.32 Å². The number of carboxylic acid groups (broad SMARTS) is 1. The fraction of sp³-hybridized carbons (Fsp3) is 0.364. The van der Waals surface area contributed by atoms with E-state index >= 15 is 0 Å². The second-order valence-corrected chi connectivity index (χ2v) is 6.98. The Kier molecular flexibility index (Phi) is 6.19. The second-order valence-electron chi connectivity index (χ2n) is 6.98. The summed E-state index contributed by atoms with van der Waals surface area (Å²) in [5.41, 5.74) is 2.35. The number of hydrogen-bond acceptors (Lipinski definition) is 4. The van der Waals surface area contributed by atoms with Gasteiger partial charge in [0, 0.05) is 17.2 Å². The molecule has 1 unspecified atom stereocenters. The number of carbonyl (C=O) groups excluding carboxylic acids is 1. The summed E-state index contributed by atoms with van der Waals surface area (Å²) in [5, 5.41) is 12.1. The molecule has 0 aromatic heterocycles. The van der Waals surface area contributed by atoms with Crippen molar-refractivity contribution in [1.82, 2.24) is 5.32 Å². The number of methoxy groups -OCH3 is 2. The maximum atomic E-state index is 12.7. The summed E-state index contributed by atoms with van der Waals surface area (Å²) in [6.07, 6.45) is 3.40. The summed E-state index contributed by atoms with van der Waals surface area (Å²) < 4.78 is 10.6. The first kappa shape index (κ1) is 19.7. The number of nitrogens with one attached hydrogen (secondary N) is 1. The van der Waals surface area contributed by atoms with Gasteiger partial charge in [-0.15, -0.1) is 0 Å². The molecule has 1 aliphatic rings. The van der Waals surface area contributed by atoms with Crippen LogP contribution in [0.2, 0.25) is 0 Å². The van der Waals surface area contributed by atoms with Gasteiger partial charge in [-0.05, 0) is 48.6 Å². The number of hydrogen-bond donors (Lipinski definition) is 2. The highest BCUT2D eigenvalue weighted by Gasteiger charge is 2.23. The summed E-state index contributed by atoms with van der Waals surface area (Å²) in [6, 6.07) is 11.9. The van der Waals surface area contributed by atoms with Crippen molar-refractivity contribution in [2.24, 2.45) is 0 Å². The minimum Gasteiger partial charge on any atom is -0.497 e. The van der Waals surface area contributed by atoms with Gasteiger partial charge in [0.2, 0.25) is 0 Å². The van der Waals surface area contributed by atoms with Crippen LogP contribution in [-0.2, 0) is 4.79 Å². The monoisotopic (exact) mass is 383 g/mol. The number of aliphatic carboxylic acids is 1. The van der Waals surface area contributed by atoms with Gasteiger partial charge in [-0.3, -0.25) is 9.59 Å². The zero-order valence-corrected chi connectivity index (χ0v) is 16.1. The third-order valence-electron chi connectivity index (χ3n) is 5.25. The van der Waals surface area contributed by atoms with E-state index in [0.717, 1.165) is 0 Å². The summed E-state index contributed by atoms with van der Waals surface area (Å²) in [6.45, 7) is 0. The molecule has 1 aliphatic carbocycles. The average Bonchev–Trinajstić information content (AvgIpc) is 2.65. The lowest BCUT2D eigenvalue weighted by molar-refractivity contribution is -0.137. The van der Waals surface area contributed by atoms with Crippen LogP contribution in [0.3, 0.4) is 0 Å². The van der Waals surface area contributed by atoms with Gasteiger partial charge >= 0.3 is 5.97 Å². The lowest BCUT2D eigenvalue weighted by atomic mass is 9.80. The van der Waals surface area contributed by atoms with Crippen LogP contribution in [0.15, 0.2) is 42.5 Å². The molecule has 2 aromatic rings. The van der Waals surface area contributed by atoms with Crippen molar-refractivity contribution < 1.29 is 24.2 Å². The molecular formula is C22H25NO5. The second kappa shape index (κ2) is 8.78. The Balaban J connectivity index is 1.80. The van der Waals surface area contributed by atoms with E-state index in [1.807, 2.05) is 12.1 Å². The summed E-state index contributed by atoms with van der Waals surface area (Å²) >= 11 is 0. The Morgan fingerprint density at radius 2 is 1.82 bits per heavy atom. The third kappa shape index (κ3) is 4.44. The van der Waals surface area contributed by atoms with Crippen LogP contribution in [-0.4, -0.2) is 31.2 Å². The molecule has 6 heteroatoms. The minimum atomic E-state index is -1.01. The van der Waals surface area contributed by atoms with Crippen LogP contribution in [0.4, 0.5) is 0 Å². The van der Waals surface area contributed by atoms with Gasteiger partial charge in [0.05, 0.1) is 26.7 Å². The Morgan fingerprint density at radius 3 is 2.36 bits per heavy atom. The Morgan fingerprint density at radius 1 is 1.11 bits per heavy atom. The van der Waals surface area contributed by atoms with E-state index in [1.54, 1.807) is 30.3 Å². The molecule has 28 heavy (non-hydrogen) atoms. The molecule has 148 valence electrons. The molecule has 0 spiro atoms. The number of benzene rings is 2. The molecular weight excluding hydrogens is 358 g/mol. The normalized spacial score (nSPS) is 14.6. The summed E-state index contributed by atoms with van der Waals surface area (Å²) in [7, 11) is 3.04. The third-order valence-corrected chi connectivity index (χ3v) is 5.25. The minimum absolute atomic E-state index is 0.255. The van der Waals surface area contributed by atoms with Crippen LogP contribution in [0, 0.1) is 0 Å². The summed E-state index contributed by atoms with van der Waals surface area (Å²) in [5.74, 6) is 0.326. The quantitative estimate of drug-likeness (QED) is 0.722. The van der Waals surface area contributed by atoms with E-state index in [0.29, 0.717) is 28.5 Å². The van der Waals surface area contributed by atoms with Gasteiger partial charge in [0.25, 0.3) is 5.91 Å². The Bertz CT molecular complexity index is 843. The lowest BCUT2D eigenvalue weighted by Crippen LogP contribution is -2.30. The maximum absolute atomic E-state index is 12.7. The zero-order valence-electron chi connectivity index (χ0n) is 16.1. The molecule has 6 nitrogen and oxygen atoms in total. The molecule has 2 aromatic carbocycles. The highest BCUT2D eigenvalue weighted by Crippen LogP contribution is 2.36. The van der Waals surface area contributed by atoms with E-state index < -0.39 is 12.0 Å². The fourth-order valence-electron chi connectivity index (χ4n) is 3.41. The van der Waals surface area contributed by atoms with Crippen molar-refractivity contribution >= 4 is 11.9 Å². The van der Waals surface area contributed by atoms with Crippen molar-refractivity contribution in [3.05, 3.63) is 59.2 Å². The van der Waals surface area contributed by atoms with Crippen molar-refractivity contribution in [1.29, 1.82) is 0 Å². The average molecular weight is 383 g/mol. The predicted octanol–water partition coefficient (Wildman–Crippen LogP) is 3.92. The molecule has 0 saturated heterocycles. The molecule has 1 amide bonds. The highest BCUT2D eigenvalue weighted by atomic mass is 16.5. The topological polar surface area (TPSA) is 84.9 Å². The molecule has 1 atom stereocenters. The van der Waals surface area contributed by atoms with Crippen molar-refractivity contribution in [2.75, 3.05) is 14.2 Å². The predicted molar refractivity (Wildman–Crippen MR) is 105 cm³/mol. The van der Waals surface area contributed by atoms with Crippen molar-refractivity contribution in [2.45, 2.75) is 37.6 Å². The maximum Gasteiger partial charge on any atom is 0.305 e. The highest BCUT2D eigenvalue weighted by molar-refractivity contribution is 5.94. The number of ether oxygens (including phenoxy) is 2. The van der Waals surface area contributed by atoms with Gasteiger partial charge in [-0.2, -0.15) is 0 Å². The Labute approximate surface area is 164 Å². The van der Waals surface area contributed by atoms with Crippen LogP contribution < -0.4 is 14.8 Å². The number of carboxylic acids is 1. The zero-order chi connectivity index (χ0) is 20.1. The Hall–Kier alpha value is -3.02. The molecule has 0 aliphatic heterocycles. The fourth-order valence-corrected chi connectivity index (χ4v) is 3.41. The molecule has 0 heterocycles. The van der Waals surface area contributed by atoms with Crippen LogP contribution in [0.5, 0.6) is 11.5 Å². The number of rotatable bonds is 8. The lowest BCUT2D eigenvalue weighted by Gasteiger charge is -2.26. The number of amides is 1. The molecule has 1 saturated carbocycles. The smallest absolute Gasteiger partial charge is 0.305 e. The number of carbonyl (C=O) groups is 2. The molecule has 0 bridgehead atoms. The molecule has 3 rings (SSSR count). The molecule has 2 N–H and O–H groups in total. The SMILES string of the molecule is COc1ccc(C(CC(=O)O)NC(=O)c2ccc(C3CCC3)cc2)c(OC)c1. The van der Waals surface area contributed by atoms with Crippen LogP contribution >= 0.6 is 0 Å².